The molecule has 4 aliphatic rings. The summed E-state index contributed by atoms with van der Waals surface area (Å²) in [5, 5.41) is 21.6. The number of anilines is 1. The van der Waals surface area contributed by atoms with Crippen molar-refractivity contribution in [3.63, 3.8) is 0 Å². The van der Waals surface area contributed by atoms with Gasteiger partial charge in [0.25, 0.3) is 11.9 Å². The predicted octanol–water partition coefficient (Wildman–Crippen LogP) is 4.36. The van der Waals surface area contributed by atoms with E-state index in [0.29, 0.717) is 22.9 Å². The maximum atomic E-state index is 14.2. The smallest absolute Gasteiger partial charge is 0.299 e. The molecule has 7 rings (SSSR count). The Bertz CT molecular complexity index is 1450. The highest BCUT2D eigenvalue weighted by Gasteiger charge is 2.69. The third-order valence-electron chi connectivity index (χ3n) is 6.99. The largest absolute Gasteiger partial charge is 0.461 e. The Morgan fingerprint density at radius 2 is 1.94 bits per heavy atom. The number of imidazole rings is 1. The van der Waals surface area contributed by atoms with Gasteiger partial charge in [-0.05, 0) is 68.0 Å². The number of nitrogens with one attached hydrogen (secondary N) is 1. The number of benzene rings is 1. The number of aryl methyl sites for hydroxylation is 2. The fourth-order valence-electron chi connectivity index (χ4n) is 5.55. The molecule has 3 aliphatic carbocycles. The molecule has 0 amide bonds. The van der Waals surface area contributed by atoms with Crippen molar-refractivity contribution in [1.29, 1.82) is 10.5 Å². The summed E-state index contributed by atoms with van der Waals surface area (Å²) in [5.41, 5.74) is 3.02. The van der Waals surface area contributed by atoms with E-state index in [-0.39, 0.29) is 36.0 Å². The summed E-state index contributed by atoms with van der Waals surface area (Å²) in [7, 11) is 0. The van der Waals surface area contributed by atoms with Gasteiger partial charge < -0.3 is 14.8 Å². The fraction of sp³-hybridized carbons (Fsp3) is 0.400. The van der Waals surface area contributed by atoms with Crippen LogP contribution in [0.5, 0.6) is 17.6 Å². The van der Waals surface area contributed by atoms with E-state index in [1.807, 2.05) is 32.0 Å². The number of nitrogens with zero attached hydrogens (tertiary/aromatic N) is 6. The van der Waals surface area contributed by atoms with E-state index in [2.05, 4.69) is 26.3 Å². The summed E-state index contributed by atoms with van der Waals surface area (Å²) < 4.78 is 27.7. The van der Waals surface area contributed by atoms with Crippen LogP contribution in [-0.2, 0) is 6.54 Å². The second kappa shape index (κ2) is 7.41. The highest BCUT2D eigenvalue weighted by Crippen LogP contribution is 2.67. The molecule has 0 radical (unpaired) electrons. The van der Waals surface area contributed by atoms with Crippen LogP contribution in [0.4, 0.5) is 10.3 Å². The van der Waals surface area contributed by atoms with Crippen LogP contribution >= 0.6 is 0 Å². The van der Waals surface area contributed by atoms with E-state index in [4.69, 9.17) is 14.7 Å². The summed E-state index contributed by atoms with van der Waals surface area (Å²) in [6, 6.07) is 8.52. The standard InChI is InChI=1S/C25H22FN7O2/c1-14-6-16(4-3-5-27)7-15(2)19(14)35-21-18-20(30-23-33(18)8-17(26)9-34-23)29-22(31-21)32-25-10-24(11-25,12-25)13-28/h3-4,6-7,17H,8-12H2,1-2H3,(H,29,31,32)/b4-3+/t17-,24?,25?/m1/s1. The van der Waals surface area contributed by atoms with Gasteiger partial charge in [-0.1, -0.05) is 0 Å². The van der Waals surface area contributed by atoms with Gasteiger partial charge in [0, 0.05) is 11.6 Å². The molecule has 0 spiro atoms. The number of halogens is 1. The van der Waals surface area contributed by atoms with E-state index in [0.717, 1.165) is 36.0 Å². The van der Waals surface area contributed by atoms with Crippen LogP contribution in [0.2, 0.25) is 0 Å². The maximum Gasteiger partial charge on any atom is 0.299 e. The highest BCUT2D eigenvalue weighted by atomic mass is 19.1. The number of fused-ring (bicyclic) bond motifs is 3. The van der Waals surface area contributed by atoms with Crippen LogP contribution in [0.1, 0.15) is 36.0 Å². The molecule has 176 valence electrons. The zero-order valence-corrected chi connectivity index (χ0v) is 19.3. The van der Waals surface area contributed by atoms with Crippen LogP contribution in [0.15, 0.2) is 18.2 Å². The predicted molar refractivity (Wildman–Crippen MR) is 125 cm³/mol. The lowest BCUT2D eigenvalue weighted by Gasteiger charge is -2.66. The Kier molecular flexibility index (Phi) is 4.52. The van der Waals surface area contributed by atoms with Crippen molar-refractivity contribution in [3.05, 3.63) is 34.9 Å². The summed E-state index contributed by atoms with van der Waals surface area (Å²) >= 11 is 0. The zero-order chi connectivity index (χ0) is 24.4. The van der Waals surface area contributed by atoms with Crippen molar-refractivity contribution in [2.45, 2.75) is 51.4 Å². The average molecular weight is 471 g/mol. The number of ether oxygens (including phenoxy) is 2. The third kappa shape index (κ3) is 3.36. The highest BCUT2D eigenvalue weighted by molar-refractivity contribution is 5.80. The number of hydrogen-bond acceptors (Lipinski definition) is 8. The van der Waals surface area contributed by atoms with Crippen LogP contribution in [-0.4, -0.2) is 37.8 Å². The van der Waals surface area contributed by atoms with Crippen molar-refractivity contribution >= 4 is 23.2 Å². The van der Waals surface area contributed by atoms with Gasteiger partial charge in [-0.15, -0.1) is 0 Å². The molecule has 3 heterocycles. The lowest BCUT2D eigenvalue weighted by atomic mass is 9.40. The summed E-state index contributed by atoms with van der Waals surface area (Å²) in [6.45, 7) is 3.84. The molecule has 9 nitrogen and oxygen atoms in total. The van der Waals surface area contributed by atoms with Gasteiger partial charge >= 0.3 is 0 Å². The van der Waals surface area contributed by atoms with Gasteiger partial charge in [-0.25, -0.2) is 4.39 Å². The number of rotatable bonds is 5. The van der Waals surface area contributed by atoms with Gasteiger partial charge in [0.2, 0.25) is 5.95 Å². The summed E-state index contributed by atoms with van der Waals surface area (Å²) in [5.74, 6) is 1.22. The van der Waals surface area contributed by atoms with Crippen molar-refractivity contribution in [1.82, 2.24) is 19.5 Å². The minimum absolute atomic E-state index is 0.0622. The molecular weight excluding hydrogens is 449 g/mol. The molecule has 1 N–H and O–H groups in total. The second-order valence-corrected chi connectivity index (χ2v) is 9.81. The van der Waals surface area contributed by atoms with Crippen LogP contribution in [0.3, 0.4) is 0 Å². The molecule has 1 aromatic carbocycles. The Morgan fingerprint density at radius 3 is 2.63 bits per heavy atom. The maximum absolute atomic E-state index is 14.2. The fourth-order valence-corrected chi connectivity index (χ4v) is 5.55. The first-order valence-electron chi connectivity index (χ1n) is 11.4. The van der Waals surface area contributed by atoms with Crippen molar-refractivity contribution in [2.24, 2.45) is 5.41 Å². The lowest BCUT2D eigenvalue weighted by Crippen LogP contribution is -2.70. The van der Waals surface area contributed by atoms with Crippen LogP contribution < -0.4 is 14.8 Å². The van der Waals surface area contributed by atoms with E-state index < -0.39 is 6.17 Å². The third-order valence-corrected chi connectivity index (χ3v) is 6.99. The van der Waals surface area contributed by atoms with E-state index in [1.54, 1.807) is 10.6 Å². The zero-order valence-electron chi connectivity index (χ0n) is 19.3. The molecule has 2 aromatic heterocycles. The molecule has 10 heteroatoms. The number of allylic oxidation sites excluding steroid dienone is 1. The van der Waals surface area contributed by atoms with Gasteiger partial charge in [0.05, 0.1) is 24.1 Å². The molecule has 3 saturated carbocycles. The first-order valence-corrected chi connectivity index (χ1v) is 11.4. The monoisotopic (exact) mass is 471 g/mol. The minimum Gasteiger partial charge on any atom is -0.461 e. The molecule has 1 aliphatic heterocycles. The molecule has 2 bridgehead atoms. The van der Waals surface area contributed by atoms with E-state index in [9.17, 15) is 9.65 Å². The SMILES string of the molecule is Cc1cc(/C=C/C#N)cc(C)c1Oc1nc(NC23CC(C#N)(C2)C3)nc2nc3n(c12)C[C@@H](F)CO3. The summed E-state index contributed by atoms with van der Waals surface area (Å²) in [6.07, 6.45) is 4.26. The molecule has 1 atom stereocenters. The Balaban J connectivity index is 1.42. The van der Waals surface area contributed by atoms with Crippen molar-refractivity contribution in [2.75, 3.05) is 11.9 Å². The molecule has 0 unspecified atom stereocenters. The average Bonchev–Trinajstić information content (AvgIpc) is 3.13. The first-order chi connectivity index (χ1) is 16.8. The summed E-state index contributed by atoms with van der Waals surface area (Å²) in [4.78, 5) is 13.7. The minimum atomic E-state index is -1.18. The normalized spacial score (nSPS) is 26.1. The molecule has 0 saturated heterocycles. The van der Waals surface area contributed by atoms with Gasteiger partial charge in [-0.3, -0.25) is 4.57 Å². The number of alkyl halides is 1. The lowest BCUT2D eigenvalue weighted by molar-refractivity contribution is -0.0665. The van der Waals surface area contributed by atoms with Gasteiger partial charge in [-0.2, -0.15) is 25.5 Å². The van der Waals surface area contributed by atoms with Crippen molar-refractivity contribution in [3.8, 4) is 29.8 Å². The molecular formula is C25H22FN7O2. The molecule has 3 fully saturated rings. The van der Waals surface area contributed by atoms with E-state index in [1.165, 1.54) is 6.08 Å². The molecule has 35 heavy (non-hydrogen) atoms. The van der Waals surface area contributed by atoms with Gasteiger partial charge in [0.15, 0.2) is 17.3 Å². The second-order valence-electron chi connectivity index (χ2n) is 9.81. The Labute approximate surface area is 200 Å². The Hall–Kier alpha value is -4.18. The Morgan fingerprint density at radius 1 is 1.20 bits per heavy atom. The molecule has 3 aromatic rings. The quantitative estimate of drug-likeness (QED) is 0.545. The first kappa shape index (κ1) is 21.4. The van der Waals surface area contributed by atoms with Gasteiger partial charge in [0.1, 0.15) is 12.4 Å². The number of aromatic nitrogens is 4. The number of nitriles is 2. The number of hydrogen-bond donors (Lipinski definition) is 1. The van der Waals surface area contributed by atoms with Crippen LogP contribution in [0.25, 0.3) is 17.2 Å². The van der Waals surface area contributed by atoms with E-state index >= 15 is 0 Å². The van der Waals surface area contributed by atoms with Crippen LogP contribution in [0, 0.1) is 41.9 Å². The van der Waals surface area contributed by atoms with Crippen molar-refractivity contribution < 1.29 is 13.9 Å². The topological polar surface area (TPSA) is 122 Å².